The van der Waals surface area contributed by atoms with Crippen LogP contribution in [0.4, 0.5) is 14.5 Å². The van der Waals surface area contributed by atoms with Crippen molar-refractivity contribution in [3.8, 4) is 11.5 Å². The summed E-state index contributed by atoms with van der Waals surface area (Å²) in [4.78, 5) is 19.5. The number of aromatic amines is 1. The molecule has 0 unspecified atom stereocenters. The van der Waals surface area contributed by atoms with Crippen molar-refractivity contribution < 1.29 is 31.5 Å². The Kier molecular flexibility index (Phi) is 5.73. The van der Waals surface area contributed by atoms with E-state index in [1.807, 2.05) is 0 Å². The number of halogens is 2. The van der Waals surface area contributed by atoms with E-state index in [0.717, 1.165) is 12.1 Å². The molecule has 0 aliphatic rings. The molecule has 8 nitrogen and oxygen atoms in total. The van der Waals surface area contributed by atoms with Gasteiger partial charge in [0.05, 0.1) is 25.5 Å². The summed E-state index contributed by atoms with van der Waals surface area (Å²) < 4.78 is 67.8. The highest BCUT2D eigenvalue weighted by atomic mass is 32.2. The third-order valence-corrected chi connectivity index (χ3v) is 6.32. The van der Waals surface area contributed by atoms with E-state index in [1.54, 1.807) is 12.1 Å². The first-order valence-corrected chi connectivity index (χ1v) is 10.9. The highest BCUT2D eigenvalue weighted by molar-refractivity contribution is 7.92. The van der Waals surface area contributed by atoms with Crippen molar-refractivity contribution in [2.45, 2.75) is 4.90 Å². The monoisotopic (exact) mass is 473 g/mol. The smallest absolute Gasteiger partial charge is 0.265 e. The van der Waals surface area contributed by atoms with Crippen molar-refractivity contribution in [3.05, 3.63) is 77.6 Å². The minimum absolute atomic E-state index is 0.00673. The number of anilines is 1. The fourth-order valence-corrected chi connectivity index (χ4v) is 4.53. The van der Waals surface area contributed by atoms with Crippen LogP contribution in [0.15, 0.2) is 59.8 Å². The molecule has 0 saturated heterocycles. The number of H-pyrrole nitrogens is 1. The molecule has 0 atom stereocenters. The lowest BCUT2D eigenvalue weighted by atomic mass is 10.0. The second-order valence-electron chi connectivity index (χ2n) is 6.84. The molecule has 2 aromatic heterocycles. The lowest BCUT2D eigenvalue weighted by molar-refractivity contribution is 0.103. The van der Waals surface area contributed by atoms with Gasteiger partial charge in [0.15, 0.2) is 5.82 Å². The molecule has 0 radical (unpaired) electrons. The zero-order valence-electron chi connectivity index (χ0n) is 17.3. The van der Waals surface area contributed by atoms with Crippen LogP contribution in [0.2, 0.25) is 0 Å². The predicted molar refractivity (Wildman–Crippen MR) is 116 cm³/mol. The maximum absolute atomic E-state index is 15.3. The van der Waals surface area contributed by atoms with Gasteiger partial charge in [-0.25, -0.2) is 22.2 Å². The molecule has 170 valence electrons. The first-order valence-electron chi connectivity index (χ1n) is 9.46. The highest BCUT2D eigenvalue weighted by Crippen LogP contribution is 2.32. The van der Waals surface area contributed by atoms with Crippen molar-refractivity contribution in [1.29, 1.82) is 0 Å². The Morgan fingerprint density at radius 3 is 2.61 bits per heavy atom. The predicted octanol–water partition coefficient (Wildman–Crippen LogP) is 3.89. The number of hydrogen-bond donors (Lipinski definition) is 2. The van der Waals surface area contributed by atoms with Gasteiger partial charge in [-0.05, 0) is 36.4 Å². The largest absolute Gasteiger partial charge is 0.497 e. The number of ketones is 1. The minimum Gasteiger partial charge on any atom is -0.497 e. The van der Waals surface area contributed by atoms with Crippen molar-refractivity contribution in [1.82, 2.24) is 9.97 Å². The van der Waals surface area contributed by atoms with Gasteiger partial charge in [-0.3, -0.25) is 9.52 Å². The number of sulfonamides is 1. The molecule has 0 fully saturated rings. The van der Waals surface area contributed by atoms with Gasteiger partial charge in [0.2, 0.25) is 5.78 Å². The topological polar surface area (TPSA) is 110 Å². The number of methoxy groups -OCH3 is 2. The number of benzene rings is 2. The summed E-state index contributed by atoms with van der Waals surface area (Å²) in [6, 6.07) is 8.80. The lowest BCUT2D eigenvalue weighted by Crippen LogP contribution is -2.17. The van der Waals surface area contributed by atoms with Gasteiger partial charge in [0.25, 0.3) is 10.0 Å². The van der Waals surface area contributed by atoms with E-state index in [0.29, 0.717) is 16.8 Å². The maximum Gasteiger partial charge on any atom is 0.265 e. The first-order chi connectivity index (χ1) is 15.8. The standard InChI is InChI=1S/C22H17F2N3O5S/c1-31-12-5-8-18(17(10-12)32-2)33(29,30)27-16-7-6-15(23)19(20(16)24)21(28)14-11-26-22-13(14)4-3-9-25-22/h3-11,27H,1-2H3,(H,25,26). The zero-order valence-corrected chi connectivity index (χ0v) is 18.2. The average molecular weight is 473 g/mol. The minimum atomic E-state index is -4.37. The third kappa shape index (κ3) is 3.98. The van der Waals surface area contributed by atoms with Crippen LogP contribution in [0.25, 0.3) is 11.0 Å². The Morgan fingerprint density at radius 1 is 1.09 bits per heavy atom. The molecule has 4 aromatic rings. The van der Waals surface area contributed by atoms with Gasteiger partial charge in [-0.1, -0.05) is 0 Å². The Morgan fingerprint density at radius 2 is 1.88 bits per heavy atom. The van der Waals surface area contributed by atoms with Gasteiger partial charge < -0.3 is 14.5 Å². The second-order valence-corrected chi connectivity index (χ2v) is 8.49. The molecular weight excluding hydrogens is 456 g/mol. The van der Waals surface area contributed by atoms with Crippen molar-refractivity contribution in [3.63, 3.8) is 0 Å². The van der Waals surface area contributed by atoms with Crippen LogP contribution in [0.3, 0.4) is 0 Å². The molecule has 0 bridgehead atoms. The molecule has 0 aliphatic heterocycles. The van der Waals surface area contributed by atoms with Gasteiger partial charge in [0, 0.05) is 29.4 Å². The van der Waals surface area contributed by atoms with Gasteiger partial charge in [0.1, 0.15) is 27.9 Å². The summed E-state index contributed by atoms with van der Waals surface area (Å²) in [5.74, 6) is -3.16. The molecular formula is C22H17F2N3O5S. The Labute approximate surface area is 187 Å². The van der Waals surface area contributed by atoms with Crippen molar-refractivity contribution >= 4 is 32.5 Å². The molecule has 33 heavy (non-hydrogen) atoms. The van der Waals surface area contributed by atoms with Crippen LogP contribution < -0.4 is 14.2 Å². The summed E-state index contributed by atoms with van der Waals surface area (Å²) >= 11 is 0. The van der Waals surface area contributed by atoms with Crippen molar-refractivity contribution in [2.24, 2.45) is 0 Å². The number of hydrogen-bond acceptors (Lipinski definition) is 6. The summed E-state index contributed by atoms with van der Waals surface area (Å²) in [5.41, 5.74) is -1.14. The number of rotatable bonds is 7. The van der Waals surface area contributed by atoms with Crippen LogP contribution in [0.1, 0.15) is 15.9 Å². The molecule has 0 amide bonds. The molecule has 0 spiro atoms. The number of nitrogens with one attached hydrogen (secondary N) is 2. The Balaban J connectivity index is 1.75. The van der Waals surface area contributed by atoms with E-state index in [9.17, 15) is 17.6 Å². The van der Waals surface area contributed by atoms with E-state index in [2.05, 4.69) is 14.7 Å². The van der Waals surface area contributed by atoms with Gasteiger partial charge in [-0.2, -0.15) is 0 Å². The summed E-state index contributed by atoms with van der Waals surface area (Å²) in [6.07, 6.45) is 2.79. The van der Waals surface area contributed by atoms with E-state index < -0.39 is 38.7 Å². The quantitative estimate of drug-likeness (QED) is 0.394. The Hall–Kier alpha value is -3.99. The number of nitrogens with zero attached hydrogens (tertiary/aromatic N) is 1. The van der Waals surface area contributed by atoms with Crippen LogP contribution in [-0.2, 0) is 10.0 Å². The SMILES string of the molecule is COc1ccc(S(=O)(=O)Nc2ccc(F)c(C(=O)c3c[nH]c4ncccc34)c2F)c(OC)c1. The fourth-order valence-electron chi connectivity index (χ4n) is 3.31. The molecule has 4 rings (SSSR count). The average Bonchev–Trinajstić information content (AvgIpc) is 3.24. The van der Waals surface area contributed by atoms with Crippen LogP contribution in [0, 0.1) is 11.6 Å². The molecule has 2 N–H and O–H groups in total. The third-order valence-electron chi connectivity index (χ3n) is 4.92. The van der Waals surface area contributed by atoms with Crippen LogP contribution in [0.5, 0.6) is 11.5 Å². The number of ether oxygens (including phenoxy) is 2. The van der Waals surface area contributed by atoms with E-state index in [1.165, 1.54) is 44.8 Å². The second kappa shape index (κ2) is 8.51. The number of fused-ring (bicyclic) bond motifs is 1. The maximum atomic E-state index is 15.3. The molecule has 2 aromatic carbocycles. The normalized spacial score (nSPS) is 11.4. The number of aromatic nitrogens is 2. The lowest BCUT2D eigenvalue weighted by Gasteiger charge is -2.14. The fraction of sp³-hybridized carbons (Fsp3) is 0.0909. The van der Waals surface area contributed by atoms with Gasteiger partial charge in [-0.15, -0.1) is 0 Å². The van der Waals surface area contributed by atoms with Crippen LogP contribution in [-0.4, -0.2) is 38.4 Å². The van der Waals surface area contributed by atoms with Gasteiger partial charge >= 0.3 is 0 Å². The van der Waals surface area contributed by atoms with E-state index in [4.69, 9.17) is 9.47 Å². The number of pyridine rings is 1. The molecule has 0 aliphatic carbocycles. The van der Waals surface area contributed by atoms with Crippen molar-refractivity contribution in [2.75, 3.05) is 18.9 Å². The first kappa shape index (κ1) is 22.2. The number of carbonyl (C=O) groups is 1. The molecule has 11 heteroatoms. The summed E-state index contributed by atoms with van der Waals surface area (Å²) in [7, 11) is -1.70. The highest BCUT2D eigenvalue weighted by Gasteiger charge is 2.27. The molecule has 2 heterocycles. The van der Waals surface area contributed by atoms with Crippen LogP contribution >= 0.6 is 0 Å². The Bertz CT molecular complexity index is 1480. The number of carbonyl (C=O) groups excluding carboxylic acids is 1. The van der Waals surface area contributed by atoms with E-state index in [-0.39, 0.29) is 16.2 Å². The zero-order chi connectivity index (χ0) is 23.8. The summed E-state index contributed by atoms with van der Waals surface area (Å²) in [6.45, 7) is 0. The summed E-state index contributed by atoms with van der Waals surface area (Å²) in [5, 5.41) is 0.371. The molecule has 0 saturated carbocycles. The van der Waals surface area contributed by atoms with E-state index >= 15 is 4.39 Å².